The van der Waals surface area contributed by atoms with Crippen LogP contribution < -0.4 is 5.32 Å². The predicted octanol–water partition coefficient (Wildman–Crippen LogP) is 0.142. The second-order valence-corrected chi connectivity index (χ2v) is 5.93. The van der Waals surface area contributed by atoms with Gasteiger partial charge in [-0.2, -0.15) is 0 Å². The summed E-state index contributed by atoms with van der Waals surface area (Å²) >= 11 is 0. The van der Waals surface area contributed by atoms with Crippen molar-refractivity contribution in [1.29, 1.82) is 0 Å². The third-order valence-electron chi connectivity index (χ3n) is 2.18. The molecule has 100 valence electrons. The zero-order valence-corrected chi connectivity index (χ0v) is 10.5. The van der Waals surface area contributed by atoms with Gasteiger partial charge in [0.15, 0.2) is 15.6 Å². The van der Waals surface area contributed by atoms with Gasteiger partial charge in [0.2, 0.25) is 5.76 Å². The molecule has 0 fully saturated rings. The van der Waals surface area contributed by atoms with Crippen molar-refractivity contribution in [1.82, 2.24) is 5.32 Å². The summed E-state index contributed by atoms with van der Waals surface area (Å²) in [5, 5.41) is 10.9. The Hall–Kier alpha value is -1.83. The fourth-order valence-corrected chi connectivity index (χ4v) is 1.83. The van der Waals surface area contributed by atoms with Gasteiger partial charge in [0.25, 0.3) is 5.91 Å². The molecule has 0 aromatic carbocycles. The normalized spacial score (nSPS) is 11.2. The van der Waals surface area contributed by atoms with E-state index in [1.54, 1.807) is 0 Å². The number of carboxylic acids is 1. The number of furan rings is 1. The molecule has 1 aromatic heterocycles. The number of aromatic carboxylic acids is 1. The monoisotopic (exact) mass is 275 g/mol. The Morgan fingerprint density at radius 2 is 1.94 bits per heavy atom. The first-order chi connectivity index (χ1) is 8.35. The lowest BCUT2D eigenvalue weighted by Crippen LogP contribution is -2.29. The number of carboxylic acid groups (broad SMARTS) is 1. The van der Waals surface area contributed by atoms with Crippen molar-refractivity contribution in [3.8, 4) is 0 Å². The molecule has 0 spiro atoms. The summed E-state index contributed by atoms with van der Waals surface area (Å²) in [5.74, 6) is -2.59. The van der Waals surface area contributed by atoms with E-state index >= 15 is 0 Å². The highest BCUT2D eigenvalue weighted by Crippen LogP contribution is 2.07. The molecule has 0 radical (unpaired) electrons. The van der Waals surface area contributed by atoms with Crippen LogP contribution in [-0.2, 0) is 9.84 Å². The van der Waals surface area contributed by atoms with E-state index in [4.69, 9.17) is 9.52 Å². The van der Waals surface area contributed by atoms with E-state index in [0.717, 1.165) is 6.07 Å². The van der Waals surface area contributed by atoms with E-state index in [-0.39, 0.29) is 29.6 Å². The van der Waals surface area contributed by atoms with Gasteiger partial charge in [-0.05, 0) is 12.1 Å². The summed E-state index contributed by atoms with van der Waals surface area (Å²) < 4.78 is 27.1. The molecule has 1 heterocycles. The zero-order valence-electron chi connectivity index (χ0n) is 9.67. The minimum atomic E-state index is -3.15. The summed E-state index contributed by atoms with van der Waals surface area (Å²) in [6.45, 7) is 1.47. The molecule has 0 bridgehead atoms. The van der Waals surface area contributed by atoms with Gasteiger partial charge in [0, 0.05) is 12.3 Å². The summed E-state index contributed by atoms with van der Waals surface area (Å²) in [6.07, 6.45) is 0. The van der Waals surface area contributed by atoms with E-state index in [2.05, 4.69) is 5.32 Å². The number of sulfone groups is 1. The number of hydrogen-bond donors (Lipinski definition) is 2. The second-order valence-electron chi connectivity index (χ2n) is 3.46. The van der Waals surface area contributed by atoms with Crippen molar-refractivity contribution in [3.63, 3.8) is 0 Å². The summed E-state index contributed by atoms with van der Waals surface area (Å²) in [4.78, 5) is 22.0. The molecule has 1 aromatic rings. The molecule has 1 amide bonds. The topological polar surface area (TPSA) is 114 Å². The number of amides is 1. The van der Waals surface area contributed by atoms with Crippen LogP contribution in [0.1, 0.15) is 28.0 Å². The summed E-state index contributed by atoms with van der Waals surface area (Å²) in [7, 11) is -3.15. The minimum Gasteiger partial charge on any atom is -0.475 e. The molecule has 0 aliphatic carbocycles. The molecule has 2 N–H and O–H groups in total. The fourth-order valence-electron chi connectivity index (χ4n) is 1.13. The summed E-state index contributed by atoms with van der Waals surface area (Å²) in [6, 6.07) is 2.37. The van der Waals surface area contributed by atoms with Gasteiger partial charge in [0.05, 0.1) is 5.75 Å². The maximum absolute atomic E-state index is 11.5. The number of hydrogen-bond acceptors (Lipinski definition) is 5. The SMILES string of the molecule is CCS(=O)(=O)CCNC(=O)c1ccc(C(=O)O)o1. The van der Waals surface area contributed by atoms with Crippen LogP contribution in [0.25, 0.3) is 0 Å². The van der Waals surface area contributed by atoms with Gasteiger partial charge >= 0.3 is 5.97 Å². The van der Waals surface area contributed by atoms with Crippen LogP contribution in [0.15, 0.2) is 16.5 Å². The molecule has 0 unspecified atom stereocenters. The molecule has 0 aliphatic rings. The minimum absolute atomic E-state index is 0.00673. The largest absolute Gasteiger partial charge is 0.475 e. The lowest BCUT2D eigenvalue weighted by molar-refractivity contribution is 0.0659. The van der Waals surface area contributed by atoms with Crippen molar-refractivity contribution < 1.29 is 27.5 Å². The van der Waals surface area contributed by atoms with Crippen molar-refractivity contribution in [2.45, 2.75) is 6.92 Å². The first-order valence-corrected chi connectivity index (χ1v) is 6.99. The molecule has 1 rings (SSSR count). The predicted molar refractivity (Wildman–Crippen MR) is 62.3 cm³/mol. The van der Waals surface area contributed by atoms with Gasteiger partial charge < -0.3 is 14.8 Å². The average Bonchev–Trinajstić information content (AvgIpc) is 2.78. The highest BCUT2D eigenvalue weighted by atomic mass is 32.2. The first-order valence-electron chi connectivity index (χ1n) is 5.17. The van der Waals surface area contributed by atoms with Crippen LogP contribution in [0.5, 0.6) is 0 Å². The van der Waals surface area contributed by atoms with Crippen LogP contribution in [0.2, 0.25) is 0 Å². The molecule has 0 saturated heterocycles. The van der Waals surface area contributed by atoms with Crippen molar-refractivity contribution in [2.24, 2.45) is 0 Å². The van der Waals surface area contributed by atoms with Gasteiger partial charge in [0.1, 0.15) is 0 Å². The Labute approximate surface area is 104 Å². The van der Waals surface area contributed by atoms with E-state index in [1.807, 2.05) is 0 Å². The van der Waals surface area contributed by atoms with E-state index in [1.165, 1.54) is 13.0 Å². The van der Waals surface area contributed by atoms with Crippen LogP contribution in [-0.4, -0.2) is 43.5 Å². The number of carbonyl (C=O) groups excluding carboxylic acids is 1. The molecular weight excluding hydrogens is 262 g/mol. The van der Waals surface area contributed by atoms with Crippen LogP contribution in [0, 0.1) is 0 Å². The van der Waals surface area contributed by atoms with Gasteiger partial charge in [-0.25, -0.2) is 13.2 Å². The fraction of sp³-hybridized carbons (Fsp3) is 0.400. The summed E-state index contributed by atoms with van der Waals surface area (Å²) in [5.41, 5.74) is 0. The lowest BCUT2D eigenvalue weighted by atomic mass is 10.4. The van der Waals surface area contributed by atoms with Crippen LogP contribution in [0.3, 0.4) is 0 Å². The molecular formula is C10H13NO6S. The van der Waals surface area contributed by atoms with Crippen LogP contribution in [0.4, 0.5) is 0 Å². The Morgan fingerprint density at radius 3 is 2.44 bits per heavy atom. The maximum atomic E-state index is 11.5. The molecule has 8 heteroatoms. The average molecular weight is 275 g/mol. The van der Waals surface area contributed by atoms with Gasteiger partial charge in [-0.1, -0.05) is 6.92 Å². The highest BCUT2D eigenvalue weighted by Gasteiger charge is 2.15. The van der Waals surface area contributed by atoms with Gasteiger partial charge in [-0.3, -0.25) is 4.79 Å². The molecule has 0 saturated carbocycles. The number of carbonyl (C=O) groups is 2. The molecule has 18 heavy (non-hydrogen) atoms. The van der Waals surface area contributed by atoms with E-state index in [0.29, 0.717) is 0 Å². The zero-order chi connectivity index (χ0) is 13.8. The Balaban J connectivity index is 2.53. The Bertz CT molecular complexity index is 544. The third kappa shape index (κ3) is 3.88. The lowest BCUT2D eigenvalue weighted by Gasteiger charge is -2.02. The standard InChI is InChI=1S/C10H13NO6S/c1-2-18(15,16)6-5-11-9(12)7-3-4-8(17-7)10(13)14/h3-4H,2,5-6H2,1H3,(H,11,12)(H,13,14). The van der Waals surface area contributed by atoms with Crippen molar-refractivity contribution >= 4 is 21.7 Å². The molecule has 0 atom stereocenters. The number of rotatable bonds is 6. The molecule has 7 nitrogen and oxygen atoms in total. The van der Waals surface area contributed by atoms with E-state index in [9.17, 15) is 18.0 Å². The third-order valence-corrected chi connectivity index (χ3v) is 3.88. The Kier molecular flexibility index (Phi) is 4.49. The maximum Gasteiger partial charge on any atom is 0.371 e. The second kappa shape index (κ2) is 5.67. The Morgan fingerprint density at radius 1 is 1.33 bits per heavy atom. The quantitative estimate of drug-likeness (QED) is 0.763. The van der Waals surface area contributed by atoms with Gasteiger partial charge in [-0.15, -0.1) is 0 Å². The van der Waals surface area contributed by atoms with Crippen LogP contribution >= 0.6 is 0 Å². The van der Waals surface area contributed by atoms with Crippen molar-refractivity contribution in [2.75, 3.05) is 18.1 Å². The van der Waals surface area contributed by atoms with Crippen molar-refractivity contribution in [3.05, 3.63) is 23.7 Å². The molecule has 0 aliphatic heterocycles. The smallest absolute Gasteiger partial charge is 0.371 e. The first kappa shape index (κ1) is 14.2. The highest BCUT2D eigenvalue weighted by molar-refractivity contribution is 7.91. The van der Waals surface area contributed by atoms with E-state index < -0.39 is 21.7 Å². The number of nitrogens with one attached hydrogen (secondary N) is 1.